The van der Waals surface area contributed by atoms with E-state index in [0.717, 1.165) is 16.9 Å². The number of benzene rings is 1. The molecule has 33 heavy (non-hydrogen) atoms. The minimum absolute atomic E-state index is 0.0121. The number of carbonyl (C=O) groups is 2. The molecule has 0 unspecified atom stereocenters. The maximum absolute atomic E-state index is 13.4. The van der Waals surface area contributed by atoms with Gasteiger partial charge in [-0.15, -0.1) is 11.3 Å². The second-order valence-corrected chi connectivity index (χ2v) is 11.7. The van der Waals surface area contributed by atoms with Gasteiger partial charge in [0.05, 0.1) is 19.2 Å². The number of nitrogens with zero attached hydrogens (tertiary/aromatic N) is 2. The Morgan fingerprint density at radius 1 is 1.24 bits per heavy atom. The Kier molecular flexibility index (Phi) is 8.10. The average Bonchev–Trinajstić information content (AvgIpc) is 3.20. The molecule has 0 saturated carbocycles. The molecule has 0 aliphatic carbocycles. The Morgan fingerprint density at radius 2 is 1.94 bits per heavy atom. The fraction of sp³-hybridized carbons (Fsp3) is 0.417. The molecule has 2 heterocycles. The number of allylic oxidation sites excluding steroid dienone is 1. The molecule has 1 amide bonds. The van der Waals surface area contributed by atoms with Crippen molar-refractivity contribution in [3.63, 3.8) is 0 Å². The number of hydrogen-bond acceptors (Lipinski definition) is 6. The molecule has 0 fully saturated rings. The first kappa shape index (κ1) is 25.1. The second kappa shape index (κ2) is 10.6. The number of carbonyl (C=O) groups excluding carboxylic acids is 2. The molecule has 9 heteroatoms. The molecule has 1 aliphatic heterocycles. The van der Waals surface area contributed by atoms with E-state index in [1.807, 2.05) is 50.3 Å². The molecule has 178 valence electrons. The number of likely N-dealkylation sites (N-methyl/N-ethyl adjacent to an activating group) is 1. The Labute approximate surface area is 199 Å². The number of methoxy groups -OCH3 is 1. The number of thiophene rings is 1. The van der Waals surface area contributed by atoms with Crippen molar-refractivity contribution >= 4 is 33.2 Å². The number of amides is 1. The van der Waals surface area contributed by atoms with E-state index in [1.165, 1.54) is 18.5 Å². The van der Waals surface area contributed by atoms with E-state index >= 15 is 0 Å². The van der Waals surface area contributed by atoms with Gasteiger partial charge in [0.15, 0.2) is 0 Å². The summed E-state index contributed by atoms with van der Waals surface area (Å²) < 4.78 is 33.1. The van der Waals surface area contributed by atoms with Gasteiger partial charge in [0, 0.05) is 25.0 Å². The van der Waals surface area contributed by atoms with Crippen LogP contribution in [0.1, 0.15) is 40.2 Å². The van der Waals surface area contributed by atoms with Gasteiger partial charge in [-0.25, -0.2) is 13.2 Å². The number of rotatable bonds is 8. The quantitative estimate of drug-likeness (QED) is 0.418. The molecular formula is C24H30N2O5S2. The summed E-state index contributed by atoms with van der Waals surface area (Å²) >= 11 is 1.06. The molecule has 1 aromatic carbocycles. The Morgan fingerprint density at radius 3 is 2.58 bits per heavy atom. The number of sulfonamides is 1. The summed E-state index contributed by atoms with van der Waals surface area (Å²) in [7, 11) is -1.15. The van der Waals surface area contributed by atoms with Crippen molar-refractivity contribution in [2.24, 2.45) is 5.92 Å². The highest BCUT2D eigenvalue weighted by molar-refractivity contribution is 7.91. The lowest BCUT2D eigenvalue weighted by atomic mass is 10.0. The molecule has 0 atom stereocenters. The van der Waals surface area contributed by atoms with Crippen LogP contribution in [0, 0.1) is 5.92 Å². The lowest BCUT2D eigenvalue weighted by molar-refractivity contribution is -0.126. The Hall–Kier alpha value is -2.49. The van der Waals surface area contributed by atoms with Gasteiger partial charge >= 0.3 is 5.97 Å². The molecule has 0 spiro atoms. The topological polar surface area (TPSA) is 84.0 Å². The monoisotopic (exact) mass is 490 g/mol. The van der Waals surface area contributed by atoms with Crippen LogP contribution in [-0.2, 0) is 38.9 Å². The van der Waals surface area contributed by atoms with Crippen molar-refractivity contribution < 1.29 is 22.7 Å². The van der Waals surface area contributed by atoms with Crippen LogP contribution in [-0.4, -0.2) is 56.7 Å². The smallest absolute Gasteiger partial charge is 0.340 e. The molecule has 0 saturated heterocycles. The summed E-state index contributed by atoms with van der Waals surface area (Å²) in [5.41, 5.74) is 1.80. The number of hydrogen-bond donors (Lipinski definition) is 0. The highest BCUT2D eigenvalue weighted by Gasteiger charge is 2.36. The largest absolute Gasteiger partial charge is 0.465 e. The van der Waals surface area contributed by atoms with Gasteiger partial charge in [-0.3, -0.25) is 4.79 Å². The van der Waals surface area contributed by atoms with Crippen LogP contribution in [0.5, 0.6) is 0 Å². The van der Waals surface area contributed by atoms with Gasteiger partial charge in [-0.2, -0.15) is 4.31 Å². The predicted octanol–water partition coefficient (Wildman–Crippen LogP) is 3.49. The minimum atomic E-state index is -3.91. The highest BCUT2D eigenvalue weighted by Crippen LogP contribution is 2.38. The number of esters is 1. The SMILES string of the molecule is COC(=O)c1c(S(=O)(=O)N(C)CCc2ccccc2)sc2c1CCN(C(=O)/C=C/C(C)C)C2. The third-order valence-electron chi connectivity index (χ3n) is 5.55. The van der Waals surface area contributed by atoms with Gasteiger partial charge in [0.1, 0.15) is 4.21 Å². The molecule has 0 N–H and O–H groups in total. The van der Waals surface area contributed by atoms with Crippen molar-refractivity contribution in [3.05, 3.63) is 64.1 Å². The summed E-state index contributed by atoms with van der Waals surface area (Å²) in [6, 6.07) is 9.63. The van der Waals surface area contributed by atoms with Crippen LogP contribution in [0.15, 0.2) is 46.7 Å². The first-order valence-electron chi connectivity index (χ1n) is 10.8. The van der Waals surface area contributed by atoms with Crippen molar-refractivity contribution in [3.8, 4) is 0 Å². The lowest BCUT2D eigenvalue weighted by Crippen LogP contribution is -2.34. The Bertz CT molecular complexity index is 1140. The summed E-state index contributed by atoms with van der Waals surface area (Å²) in [5, 5.41) is 0. The van der Waals surface area contributed by atoms with Crippen LogP contribution in [0.2, 0.25) is 0 Å². The van der Waals surface area contributed by atoms with Crippen LogP contribution < -0.4 is 0 Å². The molecule has 7 nitrogen and oxygen atoms in total. The zero-order chi connectivity index (χ0) is 24.2. The molecule has 0 bridgehead atoms. The molecular weight excluding hydrogens is 460 g/mol. The summed E-state index contributed by atoms with van der Waals surface area (Å²) in [5.74, 6) is -0.529. The molecule has 2 aromatic rings. The van der Waals surface area contributed by atoms with E-state index < -0.39 is 16.0 Å². The van der Waals surface area contributed by atoms with Gasteiger partial charge < -0.3 is 9.64 Å². The van der Waals surface area contributed by atoms with Crippen LogP contribution >= 0.6 is 11.3 Å². The van der Waals surface area contributed by atoms with E-state index in [4.69, 9.17) is 4.74 Å². The summed E-state index contributed by atoms with van der Waals surface area (Å²) in [4.78, 5) is 27.5. The second-order valence-electron chi connectivity index (χ2n) is 8.33. The summed E-state index contributed by atoms with van der Waals surface area (Å²) in [6.45, 7) is 4.95. The standard InChI is InChI=1S/C24H30N2O5S2/c1-17(2)10-11-21(27)26-15-13-19-20(16-26)32-24(22(19)23(28)31-4)33(29,30)25(3)14-12-18-8-6-5-7-9-18/h5-11,17H,12-16H2,1-4H3/b11-10+. The molecule has 0 radical (unpaired) electrons. The van der Waals surface area contributed by atoms with E-state index in [1.54, 1.807) is 11.0 Å². The zero-order valence-electron chi connectivity index (χ0n) is 19.4. The first-order chi connectivity index (χ1) is 15.6. The van der Waals surface area contributed by atoms with Crippen molar-refractivity contribution in [2.75, 3.05) is 27.2 Å². The normalized spacial score (nSPS) is 14.2. The lowest BCUT2D eigenvalue weighted by Gasteiger charge is -2.26. The van der Waals surface area contributed by atoms with E-state index in [0.29, 0.717) is 29.8 Å². The fourth-order valence-electron chi connectivity index (χ4n) is 3.63. The van der Waals surface area contributed by atoms with Crippen LogP contribution in [0.3, 0.4) is 0 Å². The van der Waals surface area contributed by atoms with Gasteiger partial charge in [-0.05, 0) is 36.0 Å². The fourth-order valence-corrected chi connectivity index (χ4v) is 6.89. The Balaban J connectivity index is 1.89. The number of ether oxygens (including phenoxy) is 1. The highest BCUT2D eigenvalue weighted by atomic mass is 32.2. The zero-order valence-corrected chi connectivity index (χ0v) is 21.0. The van der Waals surface area contributed by atoms with E-state index in [9.17, 15) is 18.0 Å². The average molecular weight is 491 g/mol. The minimum Gasteiger partial charge on any atom is -0.465 e. The molecule has 3 rings (SSSR count). The molecule has 1 aromatic heterocycles. The maximum Gasteiger partial charge on any atom is 0.340 e. The van der Waals surface area contributed by atoms with Crippen LogP contribution in [0.25, 0.3) is 0 Å². The van der Waals surface area contributed by atoms with Crippen LogP contribution in [0.4, 0.5) is 0 Å². The van der Waals surface area contributed by atoms with Gasteiger partial charge in [0.2, 0.25) is 5.91 Å². The van der Waals surface area contributed by atoms with E-state index in [2.05, 4.69) is 0 Å². The van der Waals surface area contributed by atoms with Gasteiger partial charge in [0.25, 0.3) is 10.0 Å². The van der Waals surface area contributed by atoms with Crippen molar-refractivity contribution in [1.82, 2.24) is 9.21 Å². The molecule has 1 aliphatic rings. The number of fused-ring (bicyclic) bond motifs is 1. The van der Waals surface area contributed by atoms with E-state index in [-0.39, 0.29) is 34.7 Å². The predicted molar refractivity (Wildman–Crippen MR) is 129 cm³/mol. The van der Waals surface area contributed by atoms with Crippen molar-refractivity contribution in [2.45, 2.75) is 37.4 Å². The van der Waals surface area contributed by atoms with Crippen molar-refractivity contribution in [1.29, 1.82) is 0 Å². The third-order valence-corrected chi connectivity index (χ3v) is 9.12. The van der Waals surface area contributed by atoms with Gasteiger partial charge in [-0.1, -0.05) is 50.3 Å². The summed E-state index contributed by atoms with van der Waals surface area (Å²) in [6.07, 6.45) is 4.35. The first-order valence-corrected chi connectivity index (χ1v) is 13.1. The maximum atomic E-state index is 13.4. The third kappa shape index (κ3) is 5.72.